The Morgan fingerprint density at radius 3 is 2.86 bits per heavy atom. The van der Waals surface area contributed by atoms with Crippen LogP contribution in [0.2, 0.25) is 0 Å². The van der Waals surface area contributed by atoms with E-state index >= 15 is 0 Å². The van der Waals surface area contributed by atoms with Crippen LogP contribution in [0, 0.1) is 18.3 Å². The molecule has 0 aliphatic heterocycles. The van der Waals surface area contributed by atoms with Crippen molar-refractivity contribution in [2.45, 2.75) is 13.8 Å². The molecule has 1 heterocycles. The molecule has 1 rings (SSSR count). The van der Waals surface area contributed by atoms with Gasteiger partial charge in [0.15, 0.2) is 5.69 Å². The molecular weight excluding hydrogens is 182 g/mol. The average molecular weight is 193 g/mol. The largest absolute Gasteiger partial charge is 0.462 e. The van der Waals surface area contributed by atoms with Crippen LogP contribution in [0.15, 0.2) is 0 Å². The standard InChI is InChI=1S/C9H11N3O2/c1-4-14-9(13)8-6(2)11-12(3)7(8)5-10/h4H2,1-3H3. The lowest BCUT2D eigenvalue weighted by molar-refractivity contribution is 0.0525. The summed E-state index contributed by atoms with van der Waals surface area (Å²) in [6.45, 7) is 3.68. The van der Waals surface area contributed by atoms with E-state index in [1.165, 1.54) is 4.68 Å². The van der Waals surface area contributed by atoms with Crippen molar-refractivity contribution in [3.63, 3.8) is 0 Å². The molecule has 0 N–H and O–H groups in total. The molecular formula is C9H11N3O2. The number of nitriles is 1. The minimum Gasteiger partial charge on any atom is -0.462 e. The first-order valence-electron chi connectivity index (χ1n) is 4.22. The van der Waals surface area contributed by atoms with Gasteiger partial charge in [0.25, 0.3) is 0 Å². The molecule has 0 amide bonds. The summed E-state index contributed by atoms with van der Waals surface area (Å²) in [6.07, 6.45) is 0. The highest BCUT2D eigenvalue weighted by atomic mass is 16.5. The Morgan fingerprint density at radius 2 is 2.36 bits per heavy atom. The molecule has 74 valence electrons. The highest BCUT2D eigenvalue weighted by molar-refractivity contribution is 5.92. The second-order valence-corrected chi connectivity index (χ2v) is 2.76. The van der Waals surface area contributed by atoms with Gasteiger partial charge < -0.3 is 4.74 Å². The summed E-state index contributed by atoms with van der Waals surface area (Å²) in [6, 6.07) is 1.92. The van der Waals surface area contributed by atoms with E-state index in [-0.39, 0.29) is 17.9 Å². The van der Waals surface area contributed by atoms with Crippen molar-refractivity contribution in [3.8, 4) is 6.07 Å². The van der Waals surface area contributed by atoms with Crippen molar-refractivity contribution in [1.82, 2.24) is 9.78 Å². The summed E-state index contributed by atoms with van der Waals surface area (Å²) in [7, 11) is 1.62. The van der Waals surface area contributed by atoms with E-state index in [1.54, 1.807) is 20.9 Å². The topological polar surface area (TPSA) is 67.9 Å². The third kappa shape index (κ3) is 1.59. The van der Waals surface area contributed by atoms with E-state index in [0.29, 0.717) is 5.69 Å². The van der Waals surface area contributed by atoms with Gasteiger partial charge in [-0.3, -0.25) is 4.68 Å². The molecule has 14 heavy (non-hydrogen) atoms. The molecule has 0 saturated carbocycles. The van der Waals surface area contributed by atoms with Crippen molar-refractivity contribution in [1.29, 1.82) is 5.26 Å². The van der Waals surface area contributed by atoms with Gasteiger partial charge in [0.1, 0.15) is 11.6 Å². The summed E-state index contributed by atoms with van der Waals surface area (Å²) in [5, 5.41) is 12.8. The summed E-state index contributed by atoms with van der Waals surface area (Å²) in [5.74, 6) is -0.491. The molecule has 0 spiro atoms. The third-order valence-electron chi connectivity index (χ3n) is 1.81. The van der Waals surface area contributed by atoms with Crippen LogP contribution < -0.4 is 0 Å². The number of aromatic nitrogens is 2. The molecule has 0 atom stereocenters. The Kier molecular flexibility index (Phi) is 2.87. The van der Waals surface area contributed by atoms with E-state index in [4.69, 9.17) is 10.00 Å². The van der Waals surface area contributed by atoms with Gasteiger partial charge in [-0.2, -0.15) is 10.4 Å². The number of rotatable bonds is 2. The first-order valence-corrected chi connectivity index (χ1v) is 4.22. The zero-order valence-electron chi connectivity index (χ0n) is 8.37. The van der Waals surface area contributed by atoms with Crippen molar-refractivity contribution in [2.75, 3.05) is 6.61 Å². The van der Waals surface area contributed by atoms with Crippen LogP contribution in [-0.2, 0) is 11.8 Å². The number of esters is 1. The Bertz CT molecular complexity index is 401. The van der Waals surface area contributed by atoms with Gasteiger partial charge in [0.05, 0.1) is 12.3 Å². The Hall–Kier alpha value is -1.83. The smallest absolute Gasteiger partial charge is 0.343 e. The second kappa shape index (κ2) is 3.92. The number of nitrogens with zero attached hydrogens (tertiary/aromatic N) is 3. The van der Waals surface area contributed by atoms with Crippen LogP contribution in [0.25, 0.3) is 0 Å². The normalized spacial score (nSPS) is 9.57. The van der Waals surface area contributed by atoms with Gasteiger partial charge in [0.2, 0.25) is 0 Å². The van der Waals surface area contributed by atoms with E-state index in [1.807, 2.05) is 6.07 Å². The summed E-state index contributed by atoms with van der Waals surface area (Å²) >= 11 is 0. The van der Waals surface area contributed by atoms with Crippen LogP contribution in [0.3, 0.4) is 0 Å². The molecule has 1 aromatic heterocycles. The first kappa shape index (κ1) is 10.3. The first-order chi connectivity index (χ1) is 6.61. The minimum absolute atomic E-state index is 0.237. The molecule has 0 radical (unpaired) electrons. The molecule has 0 unspecified atom stereocenters. The minimum atomic E-state index is -0.491. The predicted octanol–water partition coefficient (Wildman–Crippen LogP) is 0.777. The molecule has 5 heteroatoms. The van der Waals surface area contributed by atoms with Gasteiger partial charge >= 0.3 is 5.97 Å². The quantitative estimate of drug-likeness (QED) is 0.651. The molecule has 0 fully saturated rings. The van der Waals surface area contributed by atoms with Crippen LogP contribution in [-0.4, -0.2) is 22.4 Å². The molecule has 1 aromatic rings. The molecule has 0 aliphatic rings. The van der Waals surface area contributed by atoms with Gasteiger partial charge in [-0.05, 0) is 13.8 Å². The van der Waals surface area contributed by atoms with Crippen molar-refractivity contribution in [3.05, 3.63) is 17.0 Å². The second-order valence-electron chi connectivity index (χ2n) is 2.76. The SMILES string of the molecule is CCOC(=O)c1c(C)nn(C)c1C#N. The molecule has 0 saturated heterocycles. The number of hydrogen-bond donors (Lipinski definition) is 0. The van der Waals surface area contributed by atoms with Crippen LogP contribution in [0.4, 0.5) is 0 Å². The maximum Gasteiger partial charge on any atom is 0.343 e. The lowest BCUT2D eigenvalue weighted by atomic mass is 10.2. The van der Waals surface area contributed by atoms with E-state index in [9.17, 15) is 4.79 Å². The fourth-order valence-corrected chi connectivity index (χ4v) is 1.23. The van der Waals surface area contributed by atoms with E-state index in [0.717, 1.165) is 0 Å². The van der Waals surface area contributed by atoms with Crippen molar-refractivity contribution < 1.29 is 9.53 Å². The fraction of sp³-hybridized carbons (Fsp3) is 0.444. The van der Waals surface area contributed by atoms with Gasteiger partial charge in [0, 0.05) is 7.05 Å². The lowest BCUT2D eigenvalue weighted by Gasteiger charge is -1.99. The maximum atomic E-state index is 11.4. The fourth-order valence-electron chi connectivity index (χ4n) is 1.23. The Morgan fingerprint density at radius 1 is 1.71 bits per heavy atom. The number of aryl methyl sites for hydroxylation is 2. The lowest BCUT2D eigenvalue weighted by Crippen LogP contribution is -2.07. The highest BCUT2D eigenvalue weighted by Crippen LogP contribution is 2.13. The van der Waals surface area contributed by atoms with E-state index < -0.39 is 5.97 Å². The van der Waals surface area contributed by atoms with Gasteiger partial charge in [-0.25, -0.2) is 4.79 Å². The summed E-state index contributed by atoms with van der Waals surface area (Å²) in [5.41, 5.74) is 1.01. The highest BCUT2D eigenvalue weighted by Gasteiger charge is 2.20. The Labute approximate surface area is 81.9 Å². The average Bonchev–Trinajstić information content (AvgIpc) is 2.40. The molecule has 5 nitrogen and oxygen atoms in total. The summed E-state index contributed by atoms with van der Waals surface area (Å²) < 4.78 is 6.20. The molecule has 0 bridgehead atoms. The van der Waals surface area contributed by atoms with Crippen LogP contribution in [0.5, 0.6) is 0 Å². The zero-order chi connectivity index (χ0) is 10.7. The monoisotopic (exact) mass is 193 g/mol. The Balaban J connectivity index is 3.20. The zero-order valence-corrected chi connectivity index (χ0v) is 8.37. The molecule has 0 aliphatic carbocycles. The number of hydrogen-bond acceptors (Lipinski definition) is 4. The van der Waals surface area contributed by atoms with Gasteiger partial charge in [-0.1, -0.05) is 0 Å². The third-order valence-corrected chi connectivity index (χ3v) is 1.81. The van der Waals surface area contributed by atoms with Crippen LogP contribution in [0.1, 0.15) is 28.7 Å². The van der Waals surface area contributed by atoms with E-state index in [2.05, 4.69) is 5.10 Å². The van der Waals surface area contributed by atoms with Crippen molar-refractivity contribution in [2.24, 2.45) is 7.05 Å². The number of carbonyl (C=O) groups is 1. The van der Waals surface area contributed by atoms with Crippen molar-refractivity contribution >= 4 is 5.97 Å². The number of ether oxygens (including phenoxy) is 1. The molecule has 0 aromatic carbocycles. The predicted molar refractivity (Wildman–Crippen MR) is 48.6 cm³/mol. The van der Waals surface area contributed by atoms with Gasteiger partial charge in [-0.15, -0.1) is 0 Å². The maximum absolute atomic E-state index is 11.4. The summed E-state index contributed by atoms with van der Waals surface area (Å²) in [4.78, 5) is 11.4. The number of carbonyl (C=O) groups excluding carboxylic acids is 1. The van der Waals surface area contributed by atoms with Crippen LogP contribution >= 0.6 is 0 Å².